The molecule has 0 aromatic carbocycles. The topological polar surface area (TPSA) is 23.6 Å². The molecule has 11 heavy (non-hydrogen) atoms. The van der Waals surface area contributed by atoms with Gasteiger partial charge in [-0.25, -0.2) is 5.01 Å². The molecule has 1 heterocycles. The molecule has 0 bridgehead atoms. The minimum atomic E-state index is -0.0885. The van der Waals surface area contributed by atoms with Gasteiger partial charge in [-0.1, -0.05) is 0 Å². The maximum atomic E-state index is 10.9. The molecule has 1 amide bonds. The SMILES string of the molecule is [CH2]C(=O)N(CC)N1CCCC1. The van der Waals surface area contributed by atoms with Crippen molar-refractivity contribution >= 4 is 5.91 Å². The lowest BCUT2D eigenvalue weighted by molar-refractivity contribution is -0.141. The van der Waals surface area contributed by atoms with E-state index in [9.17, 15) is 4.79 Å². The molecule has 0 saturated carbocycles. The summed E-state index contributed by atoms with van der Waals surface area (Å²) in [6.45, 7) is 8.13. The van der Waals surface area contributed by atoms with Crippen molar-refractivity contribution in [1.29, 1.82) is 0 Å². The molecule has 0 aliphatic carbocycles. The maximum absolute atomic E-state index is 10.9. The zero-order chi connectivity index (χ0) is 8.27. The molecular weight excluding hydrogens is 140 g/mol. The lowest BCUT2D eigenvalue weighted by Crippen LogP contribution is -2.43. The summed E-state index contributed by atoms with van der Waals surface area (Å²) in [7, 11) is 0. The molecule has 0 aromatic heterocycles. The van der Waals surface area contributed by atoms with Gasteiger partial charge in [0, 0.05) is 26.6 Å². The molecule has 1 fully saturated rings. The van der Waals surface area contributed by atoms with E-state index in [-0.39, 0.29) is 5.91 Å². The summed E-state index contributed by atoms with van der Waals surface area (Å²) >= 11 is 0. The Kier molecular flexibility index (Phi) is 2.88. The Hall–Kier alpha value is -0.570. The number of hydrogen-bond donors (Lipinski definition) is 0. The van der Waals surface area contributed by atoms with E-state index in [1.54, 1.807) is 5.01 Å². The van der Waals surface area contributed by atoms with Gasteiger partial charge in [0.1, 0.15) is 0 Å². The van der Waals surface area contributed by atoms with Crippen molar-refractivity contribution in [2.75, 3.05) is 19.6 Å². The van der Waals surface area contributed by atoms with Gasteiger partial charge in [-0.15, -0.1) is 0 Å². The lowest BCUT2D eigenvalue weighted by Gasteiger charge is -2.29. The molecule has 1 aliphatic heterocycles. The lowest BCUT2D eigenvalue weighted by atomic mass is 10.4. The Labute approximate surface area is 67.9 Å². The monoisotopic (exact) mass is 155 g/mol. The van der Waals surface area contributed by atoms with Crippen LogP contribution in [0.3, 0.4) is 0 Å². The van der Waals surface area contributed by atoms with Gasteiger partial charge in [-0.3, -0.25) is 9.80 Å². The third-order valence-corrected chi connectivity index (χ3v) is 2.01. The number of rotatable bonds is 2. The first-order valence-electron chi connectivity index (χ1n) is 4.14. The molecule has 0 N–H and O–H groups in total. The average Bonchev–Trinajstić information content (AvgIpc) is 2.40. The van der Waals surface area contributed by atoms with Crippen LogP contribution in [0.25, 0.3) is 0 Å². The van der Waals surface area contributed by atoms with Gasteiger partial charge < -0.3 is 0 Å². The van der Waals surface area contributed by atoms with E-state index >= 15 is 0 Å². The quantitative estimate of drug-likeness (QED) is 0.585. The molecule has 1 rings (SSSR count). The van der Waals surface area contributed by atoms with Crippen LogP contribution in [0.1, 0.15) is 19.8 Å². The number of carbonyl (C=O) groups is 1. The van der Waals surface area contributed by atoms with Crippen LogP contribution in [-0.2, 0) is 4.79 Å². The standard InChI is InChI=1S/C8H15N2O/c1-3-10(8(2)11)9-6-4-5-7-9/h2-7H2,1H3. The first-order valence-corrected chi connectivity index (χ1v) is 4.14. The van der Waals surface area contributed by atoms with Crippen molar-refractivity contribution in [3.63, 3.8) is 0 Å². The van der Waals surface area contributed by atoms with E-state index < -0.39 is 0 Å². The van der Waals surface area contributed by atoms with Crippen molar-refractivity contribution in [2.45, 2.75) is 19.8 Å². The highest BCUT2D eigenvalue weighted by atomic mass is 16.2. The molecule has 1 aliphatic rings. The Bertz CT molecular complexity index is 141. The highest BCUT2D eigenvalue weighted by molar-refractivity contribution is 5.79. The van der Waals surface area contributed by atoms with Crippen molar-refractivity contribution in [2.24, 2.45) is 0 Å². The van der Waals surface area contributed by atoms with Crippen molar-refractivity contribution in [3.8, 4) is 0 Å². The van der Waals surface area contributed by atoms with Crippen LogP contribution in [0.5, 0.6) is 0 Å². The van der Waals surface area contributed by atoms with Crippen molar-refractivity contribution in [3.05, 3.63) is 6.92 Å². The average molecular weight is 155 g/mol. The van der Waals surface area contributed by atoms with Crippen molar-refractivity contribution < 1.29 is 4.79 Å². The first kappa shape index (κ1) is 8.53. The molecule has 63 valence electrons. The van der Waals surface area contributed by atoms with Crippen LogP contribution in [0.4, 0.5) is 0 Å². The maximum Gasteiger partial charge on any atom is 0.237 e. The summed E-state index contributed by atoms with van der Waals surface area (Å²) in [6, 6.07) is 0. The molecule has 3 heteroatoms. The minimum absolute atomic E-state index is 0.0885. The molecule has 3 nitrogen and oxygen atoms in total. The van der Waals surface area contributed by atoms with Crippen LogP contribution in [-0.4, -0.2) is 35.6 Å². The summed E-state index contributed by atoms with van der Waals surface area (Å²) in [5.74, 6) is -0.0885. The van der Waals surface area contributed by atoms with Crippen LogP contribution in [0.2, 0.25) is 0 Å². The minimum Gasteiger partial charge on any atom is -0.276 e. The summed E-state index contributed by atoms with van der Waals surface area (Å²) in [4.78, 5) is 10.9. The number of nitrogens with zero attached hydrogens (tertiary/aromatic N) is 2. The Morgan fingerprint density at radius 3 is 2.45 bits per heavy atom. The molecule has 0 unspecified atom stereocenters. The van der Waals surface area contributed by atoms with Gasteiger partial charge in [-0.05, 0) is 19.8 Å². The Balaban J connectivity index is 2.46. The zero-order valence-electron chi connectivity index (χ0n) is 7.05. The second kappa shape index (κ2) is 3.72. The van der Waals surface area contributed by atoms with Gasteiger partial charge in [-0.2, -0.15) is 0 Å². The van der Waals surface area contributed by atoms with E-state index in [0.29, 0.717) is 0 Å². The van der Waals surface area contributed by atoms with E-state index in [1.165, 1.54) is 12.8 Å². The molecular formula is C8H15N2O. The predicted octanol–water partition coefficient (Wildman–Crippen LogP) is 0.680. The summed E-state index contributed by atoms with van der Waals surface area (Å²) in [5, 5.41) is 3.79. The second-order valence-corrected chi connectivity index (χ2v) is 2.77. The molecule has 0 atom stereocenters. The van der Waals surface area contributed by atoms with Gasteiger partial charge in [0.05, 0.1) is 0 Å². The third-order valence-electron chi connectivity index (χ3n) is 2.01. The smallest absolute Gasteiger partial charge is 0.237 e. The fourth-order valence-corrected chi connectivity index (χ4v) is 1.48. The second-order valence-electron chi connectivity index (χ2n) is 2.77. The Morgan fingerprint density at radius 2 is 2.09 bits per heavy atom. The summed E-state index contributed by atoms with van der Waals surface area (Å²) in [5.41, 5.74) is 0. The van der Waals surface area contributed by atoms with E-state index in [1.807, 2.05) is 6.92 Å². The summed E-state index contributed by atoms with van der Waals surface area (Å²) < 4.78 is 0. The van der Waals surface area contributed by atoms with Crippen LogP contribution in [0.15, 0.2) is 0 Å². The van der Waals surface area contributed by atoms with Crippen LogP contribution >= 0.6 is 0 Å². The van der Waals surface area contributed by atoms with Gasteiger partial charge in [0.2, 0.25) is 5.91 Å². The molecule has 1 saturated heterocycles. The van der Waals surface area contributed by atoms with E-state index in [4.69, 9.17) is 0 Å². The van der Waals surface area contributed by atoms with Gasteiger partial charge >= 0.3 is 0 Å². The highest BCUT2D eigenvalue weighted by Gasteiger charge is 2.19. The fraction of sp³-hybridized carbons (Fsp3) is 0.750. The molecule has 0 spiro atoms. The third kappa shape index (κ3) is 1.93. The predicted molar refractivity (Wildman–Crippen MR) is 43.6 cm³/mol. The van der Waals surface area contributed by atoms with Crippen molar-refractivity contribution in [1.82, 2.24) is 10.0 Å². The molecule has 0 aromatic rings. The van der Waals surface area contributed by atoms with Gasteiger partial charge in [0.25, 0.3) is 0 Å². The number of hydrazine groups is 1. The zero-order valence-corrected chi connectivity index (χ0v) is 7.05. The van der Waals surface area contributed by atoms with Gasteiger partial charge in [0.15, 0.2) is 0 Å². The van der Waals surface area contributed by atoms with E-state index in [0.717, 1.165) is 19.6 Å². The van der Waals surface area contributed by atoms with E-state index in [2.05, 4.69) is 11.9 Å². The largest absolute Gasteiger partial charge is 0.276 e. The molecule has 1 radical (unpaired) electrons. The number of hydrogen-bond acceptors (Lipinski definition) is 2. The summed E-state index contributed by atoms with van der Waals surface area (Å²) in [6.07, 6.45) is 2.40. The van der Waals surface area contributed by atoms with Crippen LogP contribution < -0.4 is 0 Å². The fourth-order valence-electron chi connectivity index (χ4n) is 1.48. The first-order chi connectivity index (χ1) is 5.25. The highest BCUT2D eigenvalue weighted by Crippen LogP contribution is 2.10. The van der Waals surface area contributed by atoms with Crippen LogP contribution in [0, 0.1) is 6.92 Å². The Morgan fingerprint density at radius 1 is 1.55 bits per heavy atom. The normalized spacial score (nSPS) is 18.7. The number of amides is 1. The number of carbonyl (C=O) groups excluding carboxylic acids is 1.